The minimum absolute atomic E-state index is 0.0281. The van der Waals surface area contributed by atoms with E-state index in [0.717, 1.165) is 12.1 Å². The molecule has 0 bridgehead atoms. The summed E-state index contributed by atoms with van der Waals surface area (Å²) in [4.78, 5) is 12.4. The topological polar surface area (TPSA) is 127 Å². The lowest BCUT2D eigenvalue weighted by molar-refractivity contribution is 0.0200. The first-order valence-corrected chi connectivity index (χ1v) is 6.64. The maximum absolute atomic E-state index is 12.4. The molecule has 2 aromatic rings. The van der Waals surface area contributed by atoms with Crippen LogP contribution in [0.25, 0.3) is 0 Å². The molecule has 23 heavy (non-hydrogen) atoms. The average Bonchev–Trinajstić information content (AvgIpc) is 2.52. The van der Waals surface area contributed by atoms with E-state index < -0.39 is 23.7 Å². The summed E-state index contributed by atoms with van der Waals surface area (Å²) in [5, 5.41) is 48.6. The van der Waals surface area contributed by atoms with E-state index in [1.165, 1.54) is 31.4 Å². The molecule has 7 heteroatoms. The molecule has 0 aromatic heterocycles. The fourth-order valence-corrected chi connectivity index (χ4v) is 2.14. The lowest BCUT2D eigenvalue weighted by atomic mass is 9.96. The predicted octanol–water partition coefficient (Wildman–Crippen LogP) is 1.09. The number of rotatable bonds is 5. The zero-order valence-electron chi connectivity index (χ0n) is 12.2. The smallest absolute Gasteiger partial charge is 0.201 e. The summed E-state index contributed by atoms with van der Waals surface area (Å²) in [6, 6.07) is 7.33. The van der Waals surface area contributed by atoms with Gasteiger partial charge in [-0.1, -0.05) is 12.1 Å². The number of aromatic hydroxyl groups is 3. The van der Waals surface area contributed by atoms with Crippen molar-refractivity contribution in [2.45, 2.75) is 12.2 Å². The molecule has 0 fully saturated rings. The van der Waals surface area contributed by atoms with E-state index in [1.54, 1.807) is 0 Å². The summed E-state index contributed by atoms with van der Waals surface area (Å²) in [5.41, 5.74) is -0.142. The van der Waals surface area contributed by atoms with E-state index in [4.69, 9.17) is 4.74 Å². The maximum atomic E-state index is 12.4. The fraction of sp³-hybridized carbons (Fsp3) is 0.188. The van der Waals surface area contributed by atoms with E-state index in [0.29, 0.717) is 0 Å². The first kappa shape index (κ1) is 16.6. The van der Waals surface area contributed by atoms with Crippen molar-refractivity contribution < 1.29 is 35.1 Å². The minimum atomic E-state index is -1.87. The lowest BCUT2D eigenvalue weighted by Crippen LogP contribution is -2.28. The highest BCUT2D eigenvalue weighted by Gasteiger charge is 2.31. The second-order valence-corrected chi connectivity index (χ2v) is 4.89. The highest BCUT2D eigenvalue weighted by molar-refractivity contribution is 6.04. The predicted molar refractivity (Wildman–Crippen MR) is 79.7 cm³/mol. The Balaban J connectivity index is 2.34. The zero-order chi connectivity index (χ0) is 17.1. The first-order valence-electron chi connectivity index (χ1n) is 6.64. The van der Waals surface area contributed by atoms with Crippen molar-refractivity contribution >= 4 is 5.78 Å². The maximum Gasteiger partial charge on any atom is 0.201 e. The van der Waals surface area contributed by atoms with Crippen LogP contribution in [0.1, 0.15) is 22.0 Å². The molecule has 2 rings (SSSR count). The van der Waals surface area contributed by atoms with Gasteiger partial charge in [0.2, 0.25) is 5.78 Å². The molecule has 0 radical (unpaired) electrons. The fourth-order valence-electron chi connectivity index (χ4n) is 2.14. The van der Waals surface area contributed by atoms with E-state index in [2.05, 4.69) is 0 Å². The van der Waals surface area contributed by atoms with Crippen molar-refractivity contribution in [3.05, 3.63) is 47.5 Å². The van der Waals surface area contributed by atoms with Crippen LogP contribution in [0.3, 0.4) is 0 Å². The van der Waals surface area contributed by atoms with Crippen LogP contribution in [-0.4, -0.2) is 44.5 Å². The van der Waals surface area contributed by atoms with Crippen molar-refractivity contribution in [2.24, 2.45) is 0 Å². The van der Waals surface area contributed by atoms with Crippen LogP contribution in [-0.2, 0) is 0 Å². The summed E-state index contributed by atoms with van der Waals surface area (Å²) in [5.74, 6) is -2.03. The summed E-state index contributed by atoms with van der Waals surface area (Å²) in [7, 11) is 1.23. The number of ether oxygens (including phenoxy) is 1. The molecule has 0 heterocycles. The summed E-state index contributed by atoms with van der Waals surface area (Å²) in [6.07, 6.45) is -3.44. The summed E-state index contributed by atoms with van der Waals surface area (Å²) in [6.45, 7) is 0. The van der Waals surface area contributed by atoms with Crippen LogP contribution < -0.4 is 4.74 Å². The Labute approximate surface area is 131 Å². The molecule has 0 spiro atoms. The third-order valence-electron chi connectivity index (χ3n) is 3.33. The van der Waals surface area contributed by atoms with Crippen molar-refractivity contribution in [1.29, 1.82) is 0 Å². The number of phenols is 3. The Bertz CT molecular complexity index is 709. The Morgan fingerprint density at radius 3 is 2.17 bits per heavy atom. The molecule has 0 saturated carbocycles. The van der Waals surface area contributed by atoms with E-state index in [1.807, 2.05) is 0 Å². The Morgan fingerprint density at radius 1 is 1.00 bits per heavy atom. The standard InChI is InChI=1S/C16H16O7/c1-23-12-7-10(18)6-11(19)13(12)15(21)16(22)14(20)8-2-4-9(17)5-3-8/h2-7,14,16-20,22H,1H3. The molecule has 122 valence electrons. The van der Waals surface area contributed by atoms with Gasteiger partial charge in [-0.15, -0.1) is 0 Å². The Kier molecular flexibility index (Phi) is 4.73. The molecule has 2 unspecified atom stereocenters. The van der Waals surface area contributed by atoms with Gasteiger partial charge in [0, 0.05) is 12.1 Å². The van der Waals surface area contributed by atoms with Gasteiger partial charge in [0.1, 0.15) is 40.8 Å². The number of aliphatic hydroxyl groups is 2. The van der Waals surface area contributed by atoms with Crippen LogP contribution in [0.5, 0.6) is 23.0 Å². The van der Waals surface area contributed by atoms with Gasteiger partial charge in [0.25, 0.3) is 0 Å². The summed E-state index contributed by atoms with van der Waals surface area (Å²) >= 11 is 0. The number of Topliss-reactive ketones (excluding diaryl/α,β-unsaturated/α-hetero) is 1. The molecule has 2 atom stereocenters. The van der Waals surface area contributed by atoms with Crippen LogP contribution in [0.4, 0.5) is 0 Å². The quantitative estimate of drug-likeness (QED) is 0.522. The van der Waals surface area contributed by atoms with E-state index in [-0.39, 0.29) is 28.4 Å². The largest absolute Gasteiger partial charge is 0.508 e. The number of methoxy groups -OCH3 is 1. The molecule has 0 aliphatic carbocycles. The third kappa shape index (κ3) is 3.36. The first-order chi connectivity index (χ1) is 10.8. The number of aliphatic hydroxyl groups excluding tert-OH is 2. The van der Waals surface area contributed by atoms with Crippen LogP contribution >= 0.6 is 0 Å². The molecular formula is C16H16O7. The van der Waals surface area contributed by atoms with Crippen LogP contribution in [0.15, 0.2) is 36.4 Å². The second kappa shape index (κ2) is 6.55. The van der Waals surface area contributed by atoms with Gasteiger partial charge in [-0.3, -0.25) is 4.79 Å². The minimum Gasteiger partial charge on any atom is -0.508 e. The van der Waals surface area contributed by atoms with Gasteiger partial charge >= 0.3 is 0 Å². The Morgan fingerprint density at radius 2 is 1.61 bits per heavy atom. The molecule has 5 N–H and O–H groups in total. The van der Waals surface area contributed by atoms with Crippen LogP contribution in [0.2, 0.25) is 0 Å². The number of carbonyl (C=O) groups excluding carboxylic acids is 1. The molecule has 2 aromatic carbocycles. The van der Waals surface area contributed by atoms with Gasteiger partial charge in [-0.25, -0.2) is 0 Å². The van der Waals surface area contributed by atoms with Crippen molar-refractivity contribution in [3.63, 3.8) is 0 Å². The number of carbonyl (C=O) groups is 1. The van der Waals surface area contributed by atoms with Gasteiger partial charge in [0.05, 0.1) is 7.11 Å². The lowest BCUT2D eigenvalue weighted by Gasteiger charge is -2.19. The highest BCUT2D eigenvalue weighted by atomic mass is 16.5. The van der Waals surface area contributed by atoms with E-state index >= 15 is 0 Å². The summed E-state index contributed by atoms with van der Waals surface area (Å²) < 4.78 is 4.91. The van der Waals surface area contributed by atoms with Gasteiger partial charge in [-0.05, 0) is 17.7 Å². The molecule has 0 aliphatic rings. The van der Waals surface area contributed by atoms with Gasteiger partial charge in [-0.2, -0.15) is 0 Å². The van der Waals surface area contributed by atoms with Gasteiger partial charge < -0.3 is 30.3 Å². The molecule has 0 aliphatic heterocycles. The number of hydrogen-bond donors (Lipinski definition) is 5. The zero-order valence-corrected chi connectivity index (χ0v) is 12.2. The molecule has 0 amide bonds. The second-order valence-electron chi connectivity index (χ2n) is 4.89. The van der Waals surface area contributed by atoms with E-state index in [9.17, 15) is 30.3 Å². The number of ketones is 1. The highest BCUT2D eigenvalue weighted by Crippen LogP contribution is 2.35. The van der Waals surface area contributed by atoms with Crippen molar-refractivity contribution in [3.8, 4) is 23.0 Å². The van der Waals surface area contributed by atoms with Crippen LogP contribution in [0, 0.1) is 0 Å². The monoisotopic (exact) mass is 320 g/mol. The number of benzene rings is 2. The molecule has 0 saturated heterocycles. The average molecular weight is 320 g/mol. The normalized spacial score (nSPS) is 13.3. The molecule has 7 nitrogen and oxygen atoms in total. The number of phenolic OH excluding ortho intramolecular Hbond substituents is 3. The Hall–Kier alpha value is -2.77. The number of hydrogen-bond acceptors (Lipinski definition) is 7. The molecular weight excluding hydrogens is 304 g/mol. The van der Waals surface area contributed by atoms with Gasteiger partial charge in [0.15, 0.2) is 0 Å². The SMILES string of the molecule is COc1cc(O)cc(O)c1C(=O)C(O)C(O)c1ccc(O)cc1. The third-order valence-corrected chi connectivity index (χ3v) is 3.33. The van der Waals surface area contributed by atoms with Crippen molar-refractivity contribution in [1.82, 2.24) is 0 Å². The van der Waals surface area contributed by atoms with Crippen molar-refractivity contribution in [2.75, 3.05) is 7.11 Å².